The van der Waals surface area contributed by atoms with Crippen LogP contribution in [0.5, 0.6) is 0 Å². The van der Waals surface area contributed by atoms with Gasteiger partial charge in [0.15, 0.2) is 24.4 Å². The Labute approximate surface area is 328 Å². The molecule has 2 aliphatic carbocycles. The Hall–Kier alpha value is -4.06. The summed E-state index contributed by atoms with van der Waals surface area (Å²) in [6.45, 7) is 3.61. The number of hydrogen-bond acceptors (Lipinski definition) is 8. The molecule has 1 heterocycles. The van der Waals surface area contributed by atoms with E-state index in [1.54, 1.807) is 0 Å². The minimum absolute atomic E-state index is 0.0507. The number of carbonyl (C=O) groups excluding carboxylic acids is 2. The molecule has 8 nitrogen and oxygen atoms in total. The van der Waals surface area contributed by atoms with Crippen molar-refractivity contribution in [2.75, 3.05) is 20.3 Å². The molecule has 57 heavy (non-hydrogen) atoms. The van der Waals surface area contributed by atoms with Crippen molar-refractivity contribution in [2.24, 2.45) is 17.8 Å². The second-order valence-corrected chi connectivity index (χ2v) is 17.5. The van der Waals surface area contributed by atoms with Crippen LogP contribution < -0.4 is 0 Å². The van der Waals surface area contributed by atoms with Gasteiger partial charge in [0.2, 0.25) is 5.60 Å². The number of fused-ring (bicyclic) bond motifs is 5. The van der Waals surface area contributed by atoms with E-state index in [0.717, 1.165) is 46.6 Å². The van der Waals surface area contributed by atoms with Gasteiger partial charge in [-0.2, -0.15) is 30.7 Å². The van der Waals surface area contributed by atoms with E-state index in [0.29, 0.717) is 11.8 Å². The van der Waals surface area contributed by atoms with Gasteiger partial charge in [0.05, 0.1) is 25.9 Å². The van der Waals surface area contributed by atoms with E-state index in [1.807, 2.05) is 0 Å². The van der Waals surface area contributed by atoms with Crippen molar-refractivity contribution < 1.29 is 67.5 Å². The average molecular weight is 849 g/mol. The lowest BCUT2D eigenvalue weighted by Gasteiger charge is -2.35. The van der Waals surface area contributed by atoms with Crippen LogP contribution in [0.1, 0.15) is 52.4 Å². The maximum Gasteiger partial charge on any atom is 0.428 e. The van der Waals surface area contributed by atoms with Crippen LogP contribution in [0.15, 0.2) is 91.0 Å². The van der Waals surface area contributed by atoms with E-state index in [-0.39, 0.29) is 28.4 Å². The lowest BCUT2D eigenvalue weighted by molar-refractivity contribution is -0.269. The molecule has 2 fully saturated rings. The third-order valence-electron chi connectivity index (χ3n) is 10.0. The zero-order valence-electron chi connectivity index (χ0n) is 31.3. The minimum Gasteiger partial charge on any atom is -0.743 e. The molecule has 2 bridgehead atoms. The fourth-order valence-corrected chi connectivity index (χ4v) is 10.1. The van der Waals surface area contributed by atoms with Crippen LogP contribution in [0, 0.1) is 17.8 Å². The molecule has 3 aromatic carbocycles. The summed E-state index contributed by atoms with van der Waals surface area (Å²) in [6.07, 6.45) is -2.22. The molecule has 0 amide bonds. The smallest absolute Gasteiger partial charge is 0.428 e. The minimum atomic E-state index is -6.51. The van der Waals surface area contributed by atoms with Crippen LogP contribution in [0.4, 0.5) is 30.7 Å². The summed E-state index contributed by atoms with van der Waals surface area (Å²) in [5.74, 6) is -5.81. The topological polar surface area (TPSA) is 119 Å². The first-order valence-electron chi connectivity index (χ1n) is 17.8. The number of carbonyl (C=O) groups is 2. The Kier molecular flexibility index (Phi) is 14.6. The molecule has 17 heteroatoms. The molecule has 0 N–H and O–H groups in total. The van der Waals surface area contributed by atoms with Crippen molar-refractivity contribution in [1.82, 2.24) is 0 Å². The summed E-state index contributed by atoms with van der Waals surface area (Å²) in [5, 5.41) is -2.96. The highest BCUT2D eigenvalue weighted by Crippen LogP contribution is 2.53. The molecule has 4 aromatic rings. The van der Waals surface area contributed by atoms with E-state index in [4.69, 9.17) is 0 Å². The van der Waals surface area contributed by atoms with Gasteiger partial charge in [-0.1, -0.05) is 55.5 Å². The second kappa shape index (κ2) is 18.2. The first-order valence-corrected chi connectivity index (χ1v) is 20.4. The summed E-state index contributed by atoms with van der Waals surface area (Å²) >= 11 is 0. The van der Waals surface area contributed by atoms with Gasteiger partial charge in [0.25, 0.3) is 0 Å². The molecule has 2 saturated carbocycles. The van der Waals surface area contributed by atoms with Crippen molar-refractivity contribution in [2.45, 2.75) is 75.3 Å². The SMILES string of the molecule is C=C(COCCC(F)(F)C(F)(F)S(=O)(=O)[O-])C(=O)OC.CC(=O)OC(C)(CC1CC2CCC1C2)C(F)(F)F.c1ccc(-[s+]2c3ccccc3c3ccccc32)cc1. The number of esters is 2. The lowest BCUT2D eigenvalue weighted by atomic mass is 9.80. The number of halogens is 7. The number of ether oxygens (including phenoxy) is 3. The first-order chi connectivity index (χ1) is 26.5. The molecule has 4 unspecified atom stereocenters. The number of hydrogen-bond donors (Lipinski definition) is 0. The highest BCUT2D eigenvalue weighted by Gasteiger charge is 2.61. The van der Waals surface area contributed by atoms with E-state index in [2.05, 4.69) is 99.7 Å². The number of thiophene rings is 1. The first kappa shape index (κ1) is 45.6. The van der Waals surface area contributed by atoms with Gasteiger partial charge in [-0.25, -0.2) is 13.2 Å². The highest BCUT2D eigenvalue weighted by atomic mass is 32.2. The highest BCUT2D eigenvalue weighted by molar-refractivity contribution is 7.86. The Bertz CT molecular complexity index is 2080. The molecular formula is C40H43F7O8S2. The summed E-state index contributed by atoms with van der Waals surface area (Å²) in [6, 6.07) is 28.4. The summed E-state index contributed by atoms with van der Waals surface area (Å²) in [7, 11) is -5.42. The predicted molar refractivity (Wildman–Crippen MR) is 201 cm³/mol. The average Bonchev–Trinajstić information content (AvgIpc) is 3.86. The van der Waals surface area contributed by atoms with Gasteiger partial charge in [-0.15, -0.1) is 0 Å². The third-order valence-corrected chi connectivity index (χ3v) is 13.3. The molecule has 1 aromatic heterocycles. The van der Waals surface area contributed by atoms with Crippen LogP contribution in [0.25, 0.3) is 25.1 Å². The van der Waals surface area contributed by atoms with Gasteiger partial charge in [-0.05, 0) is 86.8 Å². The molecule has 0 spiro atoms. The predicted octanol–water partition coefficient (Wildman–Crippen LogP) is 10.3. The van der Waals surface area contributed by atoms with Crippen molar-refractivity contribution in [3.8, 4) is 4.90 Å². The number of alkyl halides is 7. The van der Waals surface area contributed by atoms with Gasteiger partial charge in [-0.3, -0.25) is 4.79 Å². The fraction of sp³-hybridized carbons (Fsp3) is 0.450. The van der Waals surface area contributed by atoms with Gasteiger partial charge >= 0.3 is 29.3 Å². The maximum atomic E-state index is 13.1. The van der Waals surface area contributed by atoms with Crippen molar-refractivity contribution in [3.63, 3.8) is 0 Å². The number of benzene rings is 3. The van der Waals surface area contributed by atoms with E-state index >= 15 is 0 Å². The zero-order chi connectivity index (χ0) is 42.4. The van der Waals surface area contributed by atoms with Crippen LogP contribution in [0.2, 0.25) is 0 Å². The number of rotatable bonds is 12. The summed E-state index contributed by atoms with van der Waals surface area (Å²) in [4.78, 5) is 23.1. The standard InChI is InChI=1S/C18H13S.C13H19F3O2.C9H12F4O6S/c1-2-8-14(9-3-1)19-17-12-6-4-10-15(17)16-11-5-7-13-18(16)19;1-8(17)18-12(2,13(14,15)16)7-11-6-9-3-4-10(11)5-9;1-6(7(14)18-2)5-19-4-3-8(10,11)9(12,13)20(15,16)17/h1-13H;9-11H,3-7H2,1-2H3;1,3-5H2,2H3,(H,15,16,17)/q+1;;/p-1. The molecule has 2 aliphatic rings. The van der Waals surface area contributed by atoms with E-state index < -0.39 is 64.6 Å². The quantitative estimate of drug-likeness (QED) is 0.0345. The van der Waals surface area contributed by atoms with Crippen molar-refractivity contribution >= 4 is 52.7 Å². The Balaban J connectivity index is 0.000000190. The van der Waals surface area contributed by atoms with Crippen LogP contribution >= 0.6 is 10.5 Å². The van der Waals surface area contributed by atoms with Crippen LogP contribution in [0.3, 0.4) is 0 Å². The van der Waals surface area contributed by atoms with Crippen molar-refractivity contribution in [1.29, 1.82) is 0 Å². The van der Waals surface area contributed by atoms with E-state index in [9.17, 15) is 53.3 Å². The lowest BCUT2D eigenvalue weighted by Crippen LogP contribution is -2.47. The molecule has 0 saturated heterocycles. The largest absolute Gasteiger partial charge is 0.743 e. The molecule has 6 rings (SSSR count). The monoisotopic (exact) mass is 848 g/mol. The molecule has 4 atom stereocenters. The Morgan fingerprint density at radius 2 is 1.40 bits per heavy atom. The Morgan fingerprint density at radius 1 is 0.860 bits per heavy atom. The van der Waals surface area contributed by atoms with Crippen LogP contribution in [-0.2, 0) is 33.9 Å². The number of methoxy groups -OCH3 is 1. The molecule has 0 radical (unpaired) electrons. The van der Waals surface area contributed by atoms with Gasteiger partial charge in [0.1, 0.15) is 0 Å². The second-order valence-electron chi connectivity index (χ2n) is 14.1. The molecular weight excluding hydrogens is 806 g/mol. The Morgan fingerprint density at radius 3 is 1.86 bits per heavy atom. The molecule has 312 valence electrons. The van der Waals surface area contributed by atoms with E-state index in [1.165, 1.54) is 25.1 Å². The summed E-state index contributed by atoms with van der Waals surface area (Å²) < 4.78 is 137. The zero-order valence-corrected chi connectivity index (χ0v) is 33.0. The molecule has 0 aliphatic heterocycles. The maximum absolute atomic E-state index is 13.1. The normalized spacial score (nSPS) is 19.2. The van der Waals surface area contributed by atoms with Crippen LogP contribution in [-0.4, -0.2) is 68.2 Å². The summed E-state index contributed by atoms with van der Waals surface area (Å²) in [5.41, 5.74) is -2.58. The fourth-order valence-electron chi connectivity index (χ4n) is 7.25. The third kappa shape index (κ3) is 10.7. The van der Waals surface area contributed by atoms with Crippen molar-refractivity contribution in [3.05, 3.63) is 91.0 Å². The van der Waals surface area contributed by atoms with Gasteiger partial charge in [0, 0.05) is 34.6 Å². The van der Waals surface area contributed by atoms with Gasteiger partial charge < -0.3 is 18.8 Å².